The van der Waals surface area contributed by atoms with E-state index in [-0.39, 0.29) is 11.5 Å². The minimum absolute atomic E-state index is 0.0634. The van der Waals surface area contributed by atoms with Crippen molar-refractivity contribution in [2.24, 2.45) is 0 Å². The van der Waals surface area contributed by atoms with E-state index >= 15 is 0 Å². The molecule has 2 aromatic rings. The van der Waals surface area contributed by atoms with E-state index in [1.54, 1.807) is 0 Å². The highest BCUT2D eigenvalue weighted by molar-refractivity contribution is 9.10. The summed E-state index contributed by atoms with van der Waals surface area (Å²) in [5, 5.41) is 0. The number of nitrogens with one attached hydrogen (secondary N) is 1. The van der Waals surface area contributed by atoms with Gasteiger partial charge >= 0.3 is 0 Å². The summed E-state index contributed by atoms with van der Waals surface area (Å²) in [5.74, 6) is 1.03. The van der Waals surface area contributed by atoms with Gasteiger partial charge in [-0.15, -0.1) is 0 Å². The number of fused-ring (bicyclic) bond motifs is 1. The summed E-state index contributed by atoms with van der Waals surface area (Å²) in [4.78, 5) is 19.9. The van der Waals surface area contributed by atoms with Crippen LogP contribution in [0.1, 0.15) is 54.7 Å². The molecule has 0 bridgehead atoms. The summed E-state index contributed by atoms with van der Waals surface area (Å²) in [6.07, 6.45) is 5.12. The maximum Gasteiger partial charge on any atom is 0.265 e. The van der Waals surface area contributed by atoms with Crippen molar-refractivity contribution < 1.29 is 0 Å². The first-order chi connectivity index (χ1) is 10.2. The summed E-state index contributed by atoms with van der Waals surface area (Å²) in [6.45, 7) is 2.10. The molecule has 0 spiro atoms. The van der Waals surface area contributed by atoms with Gasteiger partial charge in [0.15, 0.2) is 0 Å². The molecule has 1 aromatic carbocycles. The fraction of sp³-hybridized carbons (Fsp3) is 0.412. The molecule has 4 heteroatoms. The SMILES string of the molecule is CCCc1nc(C2CCCc3ccccc32)[nH]c(=O)c1Br. The highest BCUT2D eigenvalue weighted by Crippen LogP contribution is 2.34. The molecule has 1 aliphatic rings. The van der Waals surface area contributed by atoms with Gasteiger partial charge in [-0.05, 0) is 52.7 Å². The van der Waals surface area contributed by atoms with Gasteiger partial charge in [-0.2, -0.15) is 0 Å². The van der Waals surface area contributed by atoms with E-state index in [0.29, 0.717) is 4.47 Å². The molecular weight excluding hydrogens is 328 g/mol. The topological polar surface area (TPSA) is 45.8 Å². The first-order valence-electron chi connectivity index (χ1n) is 7.57. The van der Waals surface area contributed by atoms with Gasteiger partial charge in [0.1, 0.15) is 10.3 Å². The Hall–Kier alpha value is -1.42. The number of H-pyrrole nitrogens is 1. The molecule has 3 rings (SSSR count). The number of rotatable bonds is 3. The monoisotopic (exact) mass is 346 g/mol. The molecule has 1 heterocycles. The highest BCUT2D eigenvalue weighted by Gasteiger charge is 2.24. The number of nitrogens with zero attached hydrogens (tertiary/aromatic N) is 1. The van der Waals surface area contributed by atoms with E-state index in [9.17, 15) is 4.79 Å². The van der Waals surface area contributed by atoms with Crippen LogP contribution < -0.4 is 5.56 Å². The first kappa shape index (κ1) is 14.5. The molecule has 1 N–H and O–H groups in total. The molecule has 0 saturated heterocycles. The second-order valence-corrected chi connectivity index (χ2v) is 6.40. The maximum absolute atomic E-state index is 12.1. The third kappa shape index (κ3) is 2.82. The zero-order valence-electron chi connectivity index (χ0n) is 12.2. The Kier molecular flexibility index (Phi) is 4.24. The third-order valence-corrected chi connectivity index (χ3v) is 4.95. The van der Waals surface area contributed by atoms with Crippen molar-refractivity contribution in [3.63, 3.8) is 0 Å². The van der Waals surface area contributed by atoms with Gasteiger partial charge in [0, 0.05) is 5.92 Å². The van der Waals surface area contributed by atoms with Crippen molar-refractivity contribution in [1.29, 1.82) is 0 Å². The molecule has 1 aliphatic carbocycles. The van der Waals surface area contributed by atoms with Crippen LogP contribution in [-0.4, -0.2) is 9.97 Å². The van der Waals surface area contributed by atoms with Crippen LogP contribution in [0.15, 0.2) is 33.5 Å². The van der Waals surface area contributed by atoms with Crippen LogP contribution in [0.25, 0.3) is 0 Å². The van der Waals surface area contributed by atoms with Crippen LogP contribution in [0.2, 0.25) is 0 Å². The molecule has 0 fully saturated rings. The van der Waals surface area contributed by atoms with Gasteiger partial charge in [-0.25, -0.2) is 4.98 Å². The molecule has 110 valence electrons. The molecule has 3 nitrogen and oxygen atoms in total. The van der Waals surface area contributed by atoms with E-state index in [4.69, 9.17) is 4.98 Å². The van der Waals surface area contributed by atoms with Gasteiger partial charge in [-0.1, -0.05) is 37.6 Å². The van der Waals surface area contributed by atoms with Crippen molar-refractivity contribution in [1.82, 2.24) is 9.97 Å². The quantitative estimate of drug-likeness (QED) is 0.914. The van der Waals surface area contributed by atoms with Crippen LogP contribution in [0.5, 0.6) is 0 Å². The molecule has 1 atom stereocenters. The number of aromatic nitrogens is 2. The fourth-order valence-electron chi connectivity index (χ4n) is 3.13. The van der Waals surface area contributed by atoms with Gasteiger partial charge in [-0.3, -0.25) is 4.79 Å². The second kappa shape index (κ2) is 6.14. The lowest BCUT2D eigenvalue weighted by Gasteiger charge is -2.25. The molecule has 1 unspecified atom stereocenters. The van der Waals surface area contributed by atoms with Crippen molar-refractivity contribution in [2.75, 3.05) is 0 Å². The summed E-state index contributed by atoms with van der Waals surface area (Å²) in [6, 6.07) is 8.51. The summed E-state index contributed by atoms with van der Waals surface area (Å²) in [7, 11) is 0. The van der Waals surface area contributed by atoms with E-state index in [2.05, 4.69) is 52.1 Å². The van der Waals surface area contributed by atoms with Crippen LogP contribution in [-0.2, 0) is 12.8 Å². The van der Waals surface area contributed by atoms with Crippen molar-refractivity contribution in [2.45, 2.75) is 44.9 Å². The van der Waals surface area contributed by atoms with Gasteiger partial charge in [0.25, 0.3) is 5.56 Å². The smallest absolute Gasteiger partial charge is 0.265 e. The van der Waals surface area contributed by atoms with E-state index in [0.717, 1.165) is 43.6 Å². The Balaban J connectivity index is 2.08. The average Bonchev–Trinajstić information content (AvgIpc) is 2.51. The minimum atomic E-state index is -0.0634. The number of halogens is 1. The Morgan fingerprint density at radius 3 is 3.00 bits per heavy atom. The van der Waals surface area contributed by atoms with Crippen molar-refractivity contribution >= 4 is 15.9 Å². The first-order valence-corrected chi connectivity index (χ1v) is 8.36. The Bertz CT molecular complexity index is 708. The van der Waals surface area contributed by atoms with Gasteiger partial charge < -0.3 is 4.98 Å². The van der Waals surface area contributed by atoms with Crippen molar-refractivity contribution in [3.05, 3.63) is 61.7 Å². The Morgan fingerprint density at radius 2 is 2.19 bits per heavy atom. The normalized spacial score (nSPS) is 17.5. The van der Waals surface area contributed by atoms with E-state index in [1.807, 2.05) is 0 Å². The minimum Gasteiger partial charge on any atom is -0.309 e. The number of hydrogen-bond acceptors (Lipinski definition) is 2. The lowest BCUT2D eigenvalue weighted by molar-refractivity contribution is 0.584. The summed E-state index contributed by atoms with van der Waals surface area (Å²) in [5.41, 5.74) is 3.51. The predicted molar refractivity (Wildman–Crippen MR) is 87.8 cm³/mol. The molecule has 0 amide bonds. The maximum atomic E-state index is 12.1. The lowest BCUT2D eigenvalue weighted by atomic mass is 9.82. The van der Waals surface area contributed by atoms with E-state index < -0.39 is 0 Å². The van der Waals surface area contributed by atoms with Crippen LogP contribution in [0.4, 0.5) is 0 Å². The average molecular weight is 347 g/mol. The molecule has 1 aromatic heterocycles. The summed E-state index contributed by atoms with van der Waals surface area (Å²) >= 11 is 3.36. The third-order valence-electron chi connectivity index (χ3n) is 4.14. The molecular formula is C17H19BrN2O. The zero-order valence-corrected chi connectivity index (χ0v) is 13.7. The number of hydrogen-bond donors (Lipinski definition) is 1. The zero-order chi connectivity index (χ0) is 14.8. The largest absolute Gasteiger partial charge is 0.309 e. The number of aryl methyl sites for hydroxylation is 2. The molecule has 0 aliphatic heterocycles. The fourth-order valence-corrected chi connectivity index (χ4v) is 3.52. The standard InChI is InChI=1S/C17H19BrN2O/c1-2-6-14-15(18)17(21)20-16(19-14)13-10-5-8-11-7-3-4-9-12(11)13/h3-4,7,9,13H,2,5-6,8,10H2,1H3,(H,19,20,21). The Morgan fingerprint density at radius 1 is 1.38 bits per heavy atom. The van der Waals surface area contributed by atoms with Crippen molar-refractivity contribution in [3.8, 4) is 0 Å². The van der Waals surface area contributed by atoms with E-state index in [1.165, 1.54) is 11.1 Å². The Labute approximate surface area is 133 Å². The summed E-state index contributed by atoms with van der Waals surface area (Å²) < 4.78 is 0.581. The lowest BCUT2D eigenvalue weighted by Crippen LogP contribution is -2.21. The van der Waals surface area contributed by atoms with Gasteiger partial charge in [0.05, 0.1) is 5.69 Å². The number of benzene rings is 1. The van der Waals surface area contributed by atoms with Crippen LogP contribution in [0, 0.1) is 0 Å². The molecule has 0 radical (unpaired) electrons. The van der Waals surface area contributed by atoms with Crippen LogP contribution >= 0.6 is 15.9 Å². The highest BCUT2D eigenvalue weighted by atomic mass is 79.9. The molecule has 0 saturated carbocycles. The predicted octanol–water partition coefficient (Wildman–Crippen LogP) is 3.95. The van der Waals surface area contributed by atoms with Crippen LogP contribution in [0.3, 0.4) is 0 Å². The molecule has 21 heavy (non-hydrogen) atoms. The number of aromatic amines is 1. The second-order valence-electron chi connectivity index (χ2n) is 5.61. The van der Waals surface area contributed by atoms with Gasteiger partial charge in [0.2, 0.25) is 0 Å².